The minimum Gasteiger partial charge on any atom is -0.375 e. The van der Waals surface area contributed by atoms with Crippen molar-refractivity contribution in [3.63, 3.8) is 0 Å². The van der Waals surface area contributed by atoms with Crippen LogP contribution in [0.25, 0.3) is 0 Å². The van der Waals surface area contributed by atoms with E-state index in [9.17, 15) is 4.79 Å². The molecule has 0 aliphatic rings. The normalized spacial score (nSPS) is 9.76. The highest BCUT2D eigenvalue weighted by molar-refractivity contribution is 9.10. The number of carbonyl (C=O) groups excluding carboxylic acids is 1. The summed E-state index contributed by atoms with van der Waals surface area (Å²) in [5.41, 5.74) is 1.69. The highest BCUT2D eigenvalue weighted by Gasteiger charge is 2.06. The first kappa shape index (κ1) is 15.4. The molecule has 21 heavy (non-hydrogen) atoms. The van der Waals surface area contributed by atoms with Gasteiger partial charge >= 0.3 is 0 Å². The topological polar surface area (TPSA) is 64.9 Å². The molecule has 0 fully saturated rings. The number of carbonyl (C=O) groups is 1. The minimum absolute atomic E-state index is 0.0619. The zero-order valence-corrected chi connectivity index (χ0v) is 13.2. The molecular weight excluding hydrogens is 354 g/mol. The van der Waals surface area contributed by atoms with Crippen LogP contribution in [0.5, 0.6) is 0 Å². The number of halogens is 2. The SMILES string of the molecule is N#Cc1cc(Cl)ccc1NCC(=O)Nc1ccc(Br)cc1. The van der Waals surface area contributed by atoms with Gasteiger partial charge in [-0.15, -0.1) is 0 Å². The summed E-state index contributed by atoms with van der Waals surface area (Å²) < 4.78 is 0.943. The number of hydrogen-bond acceptors (Lipinski definition) is 3. The molecule has 0 bridgehead atoms. The maximum atomic E-state index is 11.8. The van der Waals surface area contributed by atoms with Gasteiger partial charge in [-0.05, 0) is 42.5 Å². The Morgan fingerprint density at radius 1 is 1.24 bits per heavy atom. The van der Waals surface area contributed by atoms with Crippen molar-refractivity contribution in [1.29, 1.82) is 5.26 Å². The lowest BCUT2D eigenvalue weighted by Gasteiger charge is -2.09. The van der Waals surface area contributed by atoms with Crippen molar-refractivity contribution in [2.75, 3.05) is 17.2 Å². The smallest absolute Gasteiger partial charge is 0.243 e. The molecule has 0 radical (unpaired) electrons. The fourth-order valence-electron chi connectivity index (χ4n) is 1.68. The predicted octanol–water partition coefficient (Wildman–Crippen LogP) is 4.02. The third-order valence-corrected chi connectivity index (χ3v) is 3.43. The molecule has 2 N–H and O–H groups in total. The van der Waals surface area contributed by atoms with Crippen LogP contribution in [0.1, 0.15) is 5.56 Å². The van der Waals surface area contributed by atoms with Gasteiger partial charge < -0.3 is 10.6 Å². The number of rotatable bonds is 4. The summed E-state index contributed by atoms with van der Waals surface area (Å²) >= 11 is 9.14. The third kappa shape index (κ3) is 4.48. The van der Waals surface area contributed by atoms with Crippen molar-refractivity contribution in [2.45, 2.75) is 0 Å². The zero-order chi connectivity index (χ0) is 15.2. The standard InChI is InChI=1S/C15H11BrClN3O/c16-11-1-4-13(5-2-11)20-15(21)9-19-14-6-3-12(17)7-10(14)8-18/h1-7,19H,9H2,(H,20,21). The zero-order valence-electron chi connectivity index (χ0n) is 10.9. The van der Waals surface area contributed by atoms with E-state index >= 15 is 0 Å². The lowest BCUT2D eigenvalue weighted by atomic mass is 10.2. The lowest BCUT2D eigenvalue weighted by molar-refractivity contribution is -0.114. The van der Waals surface area contributed by atoms with Crippen LogP contribution in [0.3, 0.4) is 0 Å². The molecule has 6 heteroatoms. The second kappa shape index (κ2) is 7.11. The molecule has 0 aliphatic heterocycles. The number of hydrogen-bond donors (Lipinski definition) is 2. The summed E-state index contributed by atoms with van der Waals surface area (Å²) in [6, 6.07) is 14.2. The average Bonchev–Trinajstić information content (AvgIpc) is 2.48. The van der Waals surface area contributed by atoms with Gasteiger partial charge in [0.1, 0.15) is 6.07 Å². The fourth-order valence-corrected chi connectivity index (χ4v) is 2.11. The van der Waals surface area contributed by atoms with Crippen LogP contribution < -0.4 is 10.6 Å². The minimum atomic E-state index is -0.198. The first-order valence-corrected chi connectivity index (χ1v) is 7.24. The highest BCUT2D eigenvalue weighted by atomic mass is 79.9. The van der Waals surface area contributed by atoms with Crippen LogP contribution in [-0.4, -0.2) is 12.5 Å². The van der Waals surface area contributed by atoms with Gasteiger partial charge in [-0.2, -0.15) is 5.26 Å². The summed E-state index contributed by atoms with van der Waals surface area (Å²) in [5, 5.41) is 15.2. The number of amides is 1. The largest absolute Gasteiger partial charge is 0.375 e. The molecule has 0 atom stereocenters. The van der Waals surface area contributed by atoms with Gasteiger partial charge in [0.2, 0.25) is 5.91 Å². The van der Waals surface area contributed by atoms with E-state index in [0.29, 0.717) is 22.0 Å². The number of benzene rings is 2. The molecule has 0 spiro atoms. The Labute approximate surface area is 135 Å². The van der Waals surface area contributed by atoms with E-state index in [2.05, 4.69) is 26.6 Å². The molecule has 0 unspecified atom stereocenters. The molecule has 4 nitrogen and oxygen atoms in total. The second-order valence-electron chi connectivity index (χ2n) is 4.21. The Balaban J connectivity index is 1.95. The van der Waals surface area contributed by atoms with E-state index in [1.165, 1.54) is 0 Å². The van der Waals surface area contributed by atoms with Gasteiger partial charge in [-0.3, -0.25) is 4.79 Å². The van der Waals surface area contributed by atoms with Crippen molar-refractivity contribution in [1.82, 2.24) is 0 Å². The van der Waals surface area contributed by atoms with Crippen LogP contribution in [0.4, 0.5) is 11.4 Å². The maximum Gasteiger partial charge on any atom is 0.243 e. The monoisotopic (exact) mass is 363 g/mol. The summed E-state index contributed by atoms with van der Waals surface area (Å²) in [4.78, 5) is 11.8. The van der Waals surface area contributed by atoms with Crippen molar-refractivity contribution >= 4 is 44.8 Å². The van der Waals surface area contributed by atoms with E-state index in [-0.39, 0.29) is 12.5 Å². The van der Waals surface area contributed by atoms with Crippen molar-refractivity contribution in [3.8, 4) is 6.07 Å². The Hall–Kier alpha value is -2.03. The van der Waals surface area contributed by atoms with Crippen molar-refractivity contribution in [3.05, 3.63) is 57.5 Å². The van der Waals surface area contributed by atoms with Gasteiger partial charge in [0.25, 0.3) is 0 Å². The first-order chi connectivity index (χ1) is 10.1. The third-order valence-electron chi connectivity index (χ3n) is 2.67. The van der Waals surface area contributed by atoms with Crippen molar-refractivity contribution in [2.24, 2.45) is 0 Å². The number of anilines is 2. The van der Waals surface area contributed by atoms with Gasteiger partial charge in [0.05, 0.1) is 17.8 Å². The first-order valence-electron chi connectivity index (χ1n) is 6.07. The predicted molar refractivity (Wildman–Crippen MR) is 87.4 cm³/mol. The van der Waals surface area contributed by atoms with Crippen LogP contribution in [-0.2, 0) is 4.79 Å². The fraction of sp³-hybridized carbons (Fsp3) is 0.0667. The Bertz CT molecular complexity index is 695. The molecule has 1 amide bonds. The summed E-state index contributed by atoms with van der Waals surface area (Å²) in [6.45, 7) is 0.0619. The van der Waals surface area contributed by atoms with Crippen LogP contribution in [0.15, 0.2) is 46.9 Å². The average molecular weight is 365 g/mol. The molecule has 0 saturated carbocycles. The molecule has 0 aliphatic carbocycles. The Kier molecular flexibility index (Phi) is 5.20. The van der Waals surface area contributed by atoms with E-state index in [4.69, 9.17) is 16.9 Å². The summed E-state index contributed by atoms with van der Waals surface area (Å²) in [5.74, 6) is -0.198. The Morgan fingerprint density at radius 2 is 1.95 bits per heavy atom. The quantitative estimate of drug-likeness (QED) is 0.861. The maximum absolute atomic E-state index is 11.8. The van der Waals surface area contributed by atoms with Crippen LogP contribution >= 0.6 is 27.5 Å². The van der Waals surface area contributed by atoms with Crippen LogP contribution in [0.2, 0.25) is 5.02 Å². The van der Waals surface area contributed by atoms with Gasteiger partial charge in [0, 0.05) is 15.2 Å². The molecule has 106 valence electrons. The molecule has 2 rings (SSSR count). The summed E-state index contributed by atoms with van der Waals surface area (Å²) in [7, 11) is 0. The van der Waals surface area contributed by atoms with E-state index in [0.717, 1.165) is 4.47 Å². The van der Waals surface area contributed by atoms with E-state index in [1.54, 1.807) is 30.3 Å². The Morgan fingerprint density at radius 3 is 2.62 bits per heavy atom. The molecule has 0 heterocycles. The van der Waals surface area contributed by atoms with Gasteiger partial charge in [-0.25, -0.2) is 0 Å². The number of nitrogens with zero attached hydrogens (tertiary/aromatic N) is 1. The van der Waals surface area contributed by atoms with Gasteiger partial charge in [-0.1, -0.05) is 27.5 Å². The molecular formula is C15H11BrClN3O. The van der Waals surface area contributed by atoms with Crippen LogP contribution in [0, 0.1) is 11.3 Å². The van der Waals surface area contributed by atoms with E-state index in [1.807, 2.05) is 18.2 Å². The molecule has 2 aromatic rings. The van der Waals surface area contributed by atoms with Gasteiger partial charge in [0.15, 0.2) is 0 Å². The molecule has 0 saturated heterocycles. The highest BCUT2D eigenvalue weighted by Crippen LogP contribution is 2.19. The lowest BCUT2D eigenvalue weighted by Crippen LogP contribution is -2.22. The van der Waals surface area contributed by atoms with E-state index < -0.39 is 0 Å². The summed E-state index contributed by atoms with van der Waals surface area (Å²) in [6.07, 6.45) is 0. The molecule has 0 aromatic heterocycles. The second-order valence-corrected chi connectivity index (χ2v) is 5.56. The molecule has 2 aromatic carbocycles. The van der Waals surface area contributed by atoms with Crippen molar-refractivity contribution < 1.29 is 4.79 Å². The number of nitriles is 1. The number of nitrogens with one attached hydrogen (secondary N) is 2.